The van der Waals surface area contributed by atoms with E-state index in [4.69, 9.17) is 5.73 Å². The van der Waals surface area contributed by atoms with E-state index in [1.807, 2.05) is 0 Å². The Hall–Kier alpha value is -0.120. The van der Waals surface area contributed by atoms with Crippen molar-refractivity contribution in [2.75, 3.05) is 13.2 Å². The van der Waals surface area contributed by atoms with Crippen molar-refractivity contribution in [2.24, 2.45) is 29.4 Å². The molecule has 17 heavy (non-hydrogen) atoms. The molecule has 0 unspecified atom stereocenters. The van der Waals surface area contributed by atoms with E-state index >= 15 is 0 Å². The number of aliphatic hydroxyl groups excluding tert-OH is 2. The van der Waals surface area contributed by atoms with Crippen LogP contribution in [0.15, 0.2) is 0 Å². The van der Waals surface area contributed by atoms with Crippen molar-refractivity contribution in [3.8, 4) is 0 Å². The molecule has 0 radical (unpaired) electrons. The van der Waals surface area contributed by atoms with Gasteiger partial charge in [-0.3, -0.25) is 0 Å². The van der Waals surface area contributed by atoms with Gasteiger partial charge in [-0.25, -0.2) is 0 Å². The van der Waals surface area contributed by atoms with Crippen LogP contribution in [0, 0.1) is 23.7 Å². The van der Waals surface area contributed by atoms with Crippen molar-refractivity contribution < 1.29 is 10.2 Å². The molecule has 2 saturated carbocycles. The second kappa shape index (κ2) is 5.25. The Kier molecular flexibility index (Phi) is 4.11. The Balaban J connectivity index is 2.15. The third-order valence-electron chi connectivity index (χ3n) is 5.31. The van der Waals surface area contributed by atoms with E-state index in [0.717, 1.165) is 6.42 Å². The van der Waals surface area contributed by atoms with Crippen LogP contribution in [-0.4, -0.2) is 29.0 Å². The maximum absolute atomic E-state index is 9.58. The number of aliphatic hydroxyl groups is 2. The van der Waals surface area contributed by atoms with Gasteiger partial charge in [0.05, 0.1) is 0 Å². The first-order chi connectivity index (χ1) is 8.11. The van der Waals surface area contributed by atoms with Gasteiger partial charge in [-0.05, 0) is 31.1 Å². The number of nitrogens with two attached hydrogens (primary N) is 1. The molecule has 4 N–H and O–H groups in total. The van der Waals surface area contributed by atoms with Gasteiger partial charge in [-0.1, -0.05) is 32.1 Å². The van der Waals surface area contributed by atoms with Gasteiger partial charge >= 0.3 is 0 Å². The number of hydrogen-bond donors (Lipinski definition) is 3. The highest BCUT2D eigenvalue weighted by Gasteiger charge is 2.51. The Bertz CT molecular complexity index is 249. The lowest BCUT2D eigenvalue weighted by Crippen LogP contribution is -2.51. The maximum atomic E-state index is 9.58. The zero-order valence-corrected chi connectivity index (χ0v) is 10.9. The summed E-state index contributed by atoms with van der Waals surface area (Å²) >= 11 is 0. The molecule has 0 aromatic rings. The number of rotatable bonds is 3. The minimum atomic E-state index is -0.301. The summed E-state index contributed by atoms with van der Waals surface area (Å²) in [5, 5.41) is 19.0. The first-order valence-corrected chi connectivity index (χ1v) is 7.11. The minimum Gasteiger partial charge on any atom is -0.396 e. The van der Waals surface area contributed by atoms with Gasteiger partial charge < -0.3 is 15.9 Å². The van der Waals surface area contributed by atoms with E-state index in [9.17, 15) is 10.2 Å². The predicted molar refractivity (Wildman–Crippen MR) is 68.4 cm³/mol. The highest BCUT2D eigenvalue weighted by Crippen LogP contribution is 2.49. The summed E-state index contributed by atoms with van der Waals surface area (Å²) in [6.07, 6.45) is 7.36. The monoisotopic (exact) mass is 241 g/mol. The van der Waals surface area contributed by atoms with Crippen LogP contribution in [0.25, 0.3) is 0 Å². The molecule has 0 aromatic carbocycles. The summed E-state index contributed by atoms with van der Waals surface area (Å²) in [6.45, 7) is 2.47. The molecular formula is C14H27NO2. The summed E-state index contributed by atoms with van der Waals surface area (Å²) in [5.41, 5.74) is 6.20. The SMILES string of the molecule is C[C@]1(N)[C@@H](CO)C[C@@H](CO)[C@@H]1C1CCCCC1. The van der Waals surface area contributed by atoms with Gasteiger partial charge in [0.1, 0.15) is 0 Å². The highest BCUT2D eigenvalue weighted by atomic mass is 16.3. The van der Waals surface area contributed by atoms with Gasteiger partial charge in [0.25, 0.3) is 0 Å². The first-order valence-electron chi connectivity index (χ1n) is 7.11. The number of hydrogen-bond acceptors (Lipinski definition) is 3. The zero-order valence-electron chi connectivity index (χ0n) is 10.9. The smallest absolute Gasteiger partial charge is 0.0476 e. The van der Waals surface area contributed by atoms with E-state index in [1.54, 1.807) is 0 Å². The van der Waals surface area contributed by atoms with Crippen LogP contribution in [-0.2, 0) is 0 Å². The Morgan fingerprint density at radius 1 is 1.12 bits per heavy atom. The van der Waals surface area contributed by atoms with Crippen LogP contribution in [0.2, 0.25) is 0 Å². The van der Waals surface area contributed by atoms with Gasteiger partial charge in [0.2, 0.25) is 0 Å². The first kappa shape index (κ1) is 13.3. The molecule has 0 heterocycles. The minimum absolute atomic E-state index is 0.159. The second-order valence-electron chi connectivity index (χ2n) is 6.35. The van der Waals surface area contributed by atoms with Crippen LogP contribution >= 0.6 is 0 Å². The summed E-state index contributed by atoms with van der Waals surface area (Å²) in [5.74, 6) is 1.51. The van der Waals surface area contributed by atoms with E-state index in [2.05, 4.69) is 6.92 Å². The molecule has 0 aliphatic heterocycles. The van der Waals surface area contributed by atoms with Crippen LogP contribution in [0.3, 0.4) is 0 Å². The lowest BCUT2D eigenvalue weighted by molar-refractivity contribution is 0.0907. The van der Waals surface area contributed by atoms with Crippen molar-refractivity contribution in [1.82, 2.24) is 0 Å². The summed E-state index contributed by atoms with van der Waals surface area (Å²) < 4.78 is 0. The molecular weight excluding hydrogens is 214 g/mol. The summed E-state index contributed by atoms with van der Waals surface area (Å²) in [4.78, 5) is 0. The van der Waals surface area contributed by atoms with E-state index in [1.165, 1.54) is 32.1 Å². The Morgan fingerprint density at radius 3 is 2.29 bits per heavy atom. The zero-order chi connectivity index (χ0) is 12.5. The molecule has 4 atom stereocenters. The van der Waals surface area contributed by atoms with Crippen LogP contribution in [0.4, 0.5) is 0 Å². The molecule has 0 saturated heterocycles. The molecule has 0 amide bonds. The van der Waals surface area contributed by atoms with Crippen molar-refractivity contribution >= 4 is 0 Å². The van der Waals surface area contributed by atoms with Crippen LogP contribution < -0.4 is 5.73 Å². The quantitative estimate of drug-likeness (QED) is 0.702. The van der Waals surface area contributed by atoms with Gasteiger partial charge in [0, 0.05) is 24.7 Å². The van der Waals surface area contributed by atoms with Gasteiger partial charge in [-0.15, -0.1) is 0 Å². The summed E-state index contributed by atoms with van der Waals surface area (Å²) in [7, 11) is 0. The molecule has 2 aliphatic rings. The molecule has 0 bridgehead atoms. The average Bonchev–Trinajstić information content (AvgIpc) is 2.60. The molecule has 3 nitrogen and oxygen atoms in total. The third kappa shape index (κ3) is 2.38. The van der Waals surface area contributed by atoms with Crippen molar-refractivity contribution in [3.63, 3.8) is 0 Å². The average molecular weight is 241 g/mol. The second-order valence-corrected chi connectivity index (χ2v) is 6.35. The summed E-state index contributed by atoms with van der Waals surface area (Å²) in [6, 6.07) is 0. The Morgan fingerprint density at radius 2 is 1.76 bits per heavy atom. The topological polar surface area (TPSA) is 66.5 Å². The van der Waals surface area contributed by atoms with Crippen molar-refractivity contribution in [2.45, 2.75) is 51.0 Å². The molecule has 0 aromatic heterocycles. The largest absolute Gasteiger partial charge is 0.396 e. The van der Waals surface area contributed by atoms with Gasteiger partial charge in [-0.2, -0.15) is 0 Å². The molecule has 0 spiro atoms. The Labute approximate surface area is 104 Å². The van der Waals surface area contributed by atoms with E-state index < -0.39 is 0 Å². The molecule has 100 valence electrons. The fourth-order valence-corrected chi connectivity index (χ4v) is 4.39. The van der Waals surface area contributed by atoms with E-state index in [0.29, 0.717) is 17.8 Å². The molecule has 2 rings (SSSR count). The molecule has 2 aliphatic carbocycles. The van der Waals surface area contributed by atoms with Crippen LogP contribution in [0.5, 0.6) is 0 Å². The maximum Gasteiger partial charge on any atom is 0.0476 e. The van der Waals surface area contributed by atoms with Crippen molar-refractivity contribution in [3.05, 3.63) is 0 Å². The van der Waals surface area contributed by atoms with Gasteiger partial charge in [0.15, 0.2) is 0 Å². The fraction of sp³-hybridized carbons (Fsp3) is 1.00. The predicted octanol–water partition coefficient (Wildman–Crippen LogP) is 1.52. The fourth-order valence-electron chi connectivity index (χ4n) is 4.39. The normalized spacial score (nSPS) is 44.1. The standard InChI is InChI=1S/C14H27NO2/c1-14(15)12(9-17)7-11(8-16)13(14)10-5-3-2-4-6-10/h10-13,16-17H,2-9,15H2,1H3/t11-,12+,13-,14-/m0/s1. The molecule has 2 fully saturated rings. The lowest BCUT2D eigenvalue weighted by Gasteiger charge is -2.40. The van der Waals surface area contributed by atoms with Crippen LogP contribution in [0.1, 0.15) is 45.4 Å². The lowest BCUT2D eigenvalue weighted by atomic mass is 9.69. The molecule has 3 heteroatoms. The van der Waals surface area contributed by atoms with Crippen molar-refractivity contribution in [1.29, 1.82) is 0 Å². The van der Waals surface area contributed by atoms with E-state index in [-0.39, 0.29) is 24.7 Å². The third-order valence-corrected chi connectivity index (χ3v) is 5.31. The highest BCUT2D eigenvalue weighted by molar-refractivity contribution is 5.05.